The summed E-state index contributed by atoms with van der Waals surface area (Å²) >= 11 is 0. The Bertz CT molecular complexity index is 329. The lowest BCUT2D eigenvalue weighted by molar-refractivity contribution is -0.302. The first kappa shape index (κ1) is 15.1. The van der Waals surface area contributed by atoms with Gasteiger partial charge < -0.3 is 19.4 Å². The van der Waals surface area contributed by atoms with E-state index in [4.69, 9.17) is 9.47 Å². The summed E-state index contributed by atoms with van der Waals surface area (Å²) in [5, 5.41) is 9.38. The minimum absolute atomic E-state index is 0.279. The number of carbonyl (C=O) groups is 2. The Morgan fingerprint density at radius 2 is 1.94 bits per heavy atom. The molecule has 0 aromatic heterocycles. The van der Waals surface area contributed by atoms with Crippen molar-refractivity contribution in [1.29, 1.82) is 0 Å². The van der Waals surface area contributed by atoms with E-state index in [-0.39, 0.29) is 6.42 Å². The molecule has 18 heavy (non-hydrogen) atoms. The number of carboxylic acids is 1. The van der Waals surface area contributed by atoms with Crippen LogP contribution in [0.3, 0.4) is 0 Å². The van der Waals surface area contributed by atoms with Crippen molar-refractivity contribution < 1.29 is 24.2 Å². The zero-order valence-electron chi connectivity index (χ0n) is 11.6. The Morgan fingerprint density at radius 1 is 1.39 bits per heavy atom. The van der Waals surface area contributed by atoms with Crippen molar-refractivity contribution in [3.8, 4) is 0 Å². The van der Waals surface area contributed by atoms with Crippen molar-refractivity contribution in [2.24, 2.45) is 11.3 Å². The summed E-state index contributed by atoms with van der Waals surface area (Å²) in [4.78, 5) is 22.3. The first-order chi connectivity index (χ1) is 8.07. The van der Waals surface area contributed by atoms with E-state index in [1.165, 1.54) is 0 Å². The van der Waals surface area contributed by atoms with Crippen LogP contribution in [0.25, 0.3) is 0 Å². The highest BCUT2D eigenvalue weighted by atomic mass is 16.7. The first-order valence-corrected chi connectivity index (χ1v) is 6.10. The molecule has 1 heterocycles. The molecule has 0 bridgehead atoms. The van der Waals surface area contributed by atoms with Crippen molar-refractivity contribution in [3.05, 3.63) is 0 Å². The number of ether oxygens (including phenoxy) is 2. The predicted octanol–water partition coefficient (Wildman–Crippen LogP) is 1.84. The van der Waals surface area contributed by atoms with Crippen molar-refractivity contribution in [1.82, 2.24) is 0 Å². The van der Waals surface area contributed by atoms with Crippen molar-refractivity contribution in [2.75, 3.05) is 0 Å². The molecule has 1 aliphatic heterocycles. The SMILES string of the molecule is CC1(C)OC(C=O)CC(C(C(=O)O)C(C)(C)C)O1. The molecule has 0 amide bonds. The molecule has 1 fully saturated rings. The lowest BCUT2D eigenvalue weighted by Gasteiger charge is -2.44. The number of aliphatic carboxylic acids is 1. The van der Waals surface area contributed by atoms with E-state index >= 15 is 0 Å². The van der Waals surface area contributed by atoms with Crippen LogP contribution in [-0.4, -0.2) is 35.4 Å². The smallest absolute Gasteiger partial charge is 0.309 e. The van der Waals surface area contributed by atoms with Gasteiger partial charge in [0, 0.05) is 6.42 Å². The fraction of sp³-hybridized carbons (Fsp3) is 0.846. The second-order valence-corrected chi connectivity index (χ2v) is 6.27. The van der Waals surface area contributed by atoms with Crippen LogP contribution in [0.2, 0.25) is 0 Å². The molecule has 3 atom stereocenters. The van der Waals surface area contributed by atoms with E-state index in [2.05, 4.69) is 0 Å². The van der Waals surface area contributed by atoms with Gasteiger partial charge in [-0.3, -0.25) is 4.79 Å². The van der Waals surface area contributed by atoms with Gasteiger partial charge in [-0.05, 0) is 19.3 Å². The maximum absolute atomic E-state index is 11.4. The lowest BCUT2D eigenvalue weighted by atomic mass is 9.75. The number of hydrogen-bond donors (Lipinski definition) is 1. The van der Waals surface area contributed by atoms with Gasteiger partial charge in [0.15, 0.2) is 5.79 Å². The summed E-state index contributed by atoms with van der Waals surface area (Å²) in [6, 6.07) is 0. The Kier molecular flexibility index (Phi) is 4.18. The molecule has 0 aromatic rings. The summed E-state index contributed by atoms with van der Waals surface area (Å²) in [5.41, 5.74) is -0.447. The summed E-state index contributed by atoms with van der Waals surface area (Å²) < 4.78 is 11.1. The first-order valence-electron chi connectivity index (χ1n) is 6.10. The van der Waals surface area contributed by atoms with E-state index in [9.17, 15) is 14.7 Å². The second-order valence-electron chi connectivity index (χ2n) is 6.27. The molecule has 3 unspecified atom stereocenters. The van der Waals surface area contributed by atoms with E-state index < -0.39 is 35.3 Å². The van der Waals surface area contributed by atoms with Crippen molar-refractivity contribution >= 4 is 12.3 Å². The van der Waals surface area contributed by atoms with Gasteiger partial charge in [-0.25, -0.2) is 0 Å². The van der Waals surface area contributed by atoms with Gasteiger partial charge >= 0.3 is 5.97 Å². The van der Waals surface area contributed by atoms with Gasteiger partial charge in [0.05, 0.1) is 12.0 Å². The van der Waals surface area contributed by atoms with Crippen LogP contribution in [0.5, 0.6) is 0 Å². The van der Waals surface area contributed by atoms with E-state index in [0.29, 0.717) is 6.29 Å². The summed E-state index contributed by atoms with van der Waals surface area (Å²) in [6.07, 6.45) is -0.149. The third kappa shape index (κ3) is 3.53. The third-order valence-electron chi connectivity index (χ3n) is 3.06. The van der Waals surface area contributed by atoms with Gasteiger partial charge in [-0.2, -0.15) is 0 Å². The molecular formula is C13H22O5. The van der Waals surface area contributed by atoms with Crippen LogP contribution in [-0.2, 0) is 19.1 Å². The van der Waals surface area contributed by atoms with Crippen molar-refractivity contribution in [3.63, 3.8) is 0 Å². The fourth-order valence-electron chi connectivity index (χ4n) is 2.46. The predicted molar refractivity (Wildman–Crippen MR) is 65.1 cm³/mol. The number of carboxylic acid groups (broad SMARTS) is 1. The Morgan fingerprint density at radius 3 is 2.33 bits per heavy atom. The van der Waals surface area contributed by atoms with Crippen LogP contribution in [0.15, 0.2) is 0 Å². The van der Waals surface area contributed by atoms with E-state index in [1.807, 2.05) is 20.8 Å². The number of hydrogen-bond acceptors (Lipinski definition) is 4. The number of carbonyl (C=O) groups excluding carboxylic acids is 1. The highest BCUT2D eigenvalue weighted by Crippen LogP contribution is 2.37. The number of aldehydes is 1. The highest BCUT2D eigenvalue weighted by molar-refractivity contribution is 5.72. The zero-order valence-corrected chi connectivity index (χ0v) is 11.6. The van der Waals surface area contributed by atoms with Crippen LogP contribution in [0, 0.1) is 11.3 Å². The third-order valence-corrected chi connectivity index (χ3v) is 3.06. The minimum Gasteiger partial charge on any atom is -0.481 e. The van der Waals surface area contributed by atoms with Gasteiger partial charge in [-0.15, -0.1) is 0 Å². The minimum atomic E-state index is -0.937. The molecule has 0 radical (unpaired) electrons. The topological polar surface area (TPSA) is 72.8 Å². The van der Waals surface area contributed by atoms with E-state index in [0.717, 1.165) is 0 Å². The highest BCUT2D eigenvalue weighted by Gasteiger charge is 2.46. The standard InChI is InChI=1S/C13H22O5/c1-12(2,3)10(11(15)16)9-6-8(7-14)17-13(4,5)18-9/h7-10H,6H2,1-5H3,(H,15,16). The molecule has 0 aliphatic carbocycles. The summed E-state index contributed by atoms with van der Waals surface area (Å²) in [7, 11) is 0. The average Bonchev–Trinajstić information content (AvgIpc) is 2.11. The molecule has 0 aromatic carbocycles. The van der Waals surface area contributed by atoms with Crippen LogP contribution in [0.4, 0.5) is 0 Å². The maximum Gasteiger partial charge on any atom is 0.309 e. The lowest BCUT2D eigenvalue weighted by Crippen LogP contribution is -2.52. The Hall–Kier alpha value is -0.940. The second kappa shape index (κ2) is 4.97. The zero-order chi connectivity index (χ0) is 14.1. The molecule has 1 rings (SSSR count). The molecule has 1 aliphatic rings. The van der Waals surface area contributed by atoms with Gasteiger partial charge in [0.2, 0.25) is 0 Å². The van der Waals surface area contributed by atoms with Gasteiger partial charge in [0.1, 0.15) is 12.4 Å². The molecule has 1 saturated heterocycles. The number of rotatable bonds is 3. The Balaban J connectivity index is 2.98. The van der Waals surface area contributed by atoms with Crippen LogP contribution < -0.4 is 0 Å². The van der Waals surface area contributed by atoms with Crippen LogP contribution >= 0.6 is 0 Å². The largest absolute Gasteiger partial charge is 0.481 e. The van der Waals surface area contributed by atoms with Crippen molar-refractivity contribution in [2.45, 2.75) is 59.0 Å². The molecule has 0 spiro atoms. The molecule has 0 saturated carbocycles. The monoisotopic (exact) mass is 258 g/mol. The molecular weight excluding hydrogens is 236 g/mol. The molecule has 1 N–H and O–H groups in total. The molecule has 104 valence electrons. The summed E-state index contributed by atoms with van der Waals surface area (Å²) in [5.74, 6) is -2.52. The molecule has 5 heteroatoms. The Labute approximate surface area is 107 Å². The maximum atomic E-state index is 11.4. The quantitative estimate of drug-likeness (QED) is 0.782. The summed E-state index contributed by atoms with van der Waals surface area (Å²) in [6.45, 7) is 8.95. The average molecular weight is 258 g/mol. The fourth-order valence-corrected chi connectivity index (χ4v) is 2.46. The molecule has 5 nitrogen and oxygen atoms in total. The van der Waals surface area contributed by atoms with Gasteiger partial charge in [0.25, 0.3) is 0 Å². The normalized spacial score (nSPS) is 29.6. The van der Waals surface area contributed by atoms with Gasteiger partial charge in [-0.1, -0.05) is 20.8 Å². The van der Waals surface area contributed by atoms with E-state index in [1.54, 1.807) is 13.8 Å². The van der Waals surface area contributed by atoms with Crippen LogP contribution in [0.1, 0.15) is 41.0 Å².